The van der Waals surface area contributed by atoms with Gasteiger partial charge in [0.05, 0.1) is 32.6 Å². The lowest BCUT2D eigenvalue weighted by atomic mass is 10.1. The van der Waals surface area contributed by atoms with Gasteiger partial charge in [-0.3, -0.25) is 4.79 Å². The highest BCUT2D eigenvalue weighted by Gasteiger charge is 2.56. The Kier molecular flexibility index (Phi) is 4.66. The molecular weight excluding hydrogens is 370 g/mol. The second-order valence-corrected chi connectivity index (χ2v) is 7.49. The number of benzene rings is 2. The molecule has 7 nitrogen and oxygen atoms in total. The zero-order valence-corrected chi connectivity index (χ0v) is 16.5. The summed E-state index contributed by atoms with van der Waals surface area (Å²) in [7, 11) is 1.64. The Balaban J connectivity index is 1.50. The number of amides is 1. The maximum atomic E-state index is 13.4. The minimum atomic E-state index is -1.31. The normalized spacial score (nSPS) is 20.4. The summed E-state index contributed by atoms with van der Waals surface area (Å²) in [4.78, 5) is 17.5. The van der Waals surface area contributed by atoms with Crippen molar-refractivity contribution in [2.75, 3.05) is 56.3 Å². The van der Waals surface area contributed by atoms with Crippen LogP contribution in [0.2, 0.25) is 0 Å². The van der Waals surface area contributed by atoms with Gasteiger partial charge in [0.2, 0.25) is 0 Å². The van der Waals surface area contributed by atoms with Crippen LogP contribution in [0.3, 0.4) is 0 Å². The molecule has 2 aromatic carbocycles. The first kappa shape index (κ1) is 18.4. The number of piperazine rings is 1. The number of rotatable bonds is 4. The van der Waals surface area contributed by atoms with Gasteiger partial charge >= 0.3 is 0 Å². The molecule has 2 aromatic rings. The summed E-state index contributed by atoms with van der Waals surface area (Å²) in [5.74, 6) is -0.675. The number of carbonyl (C=O) groups excluding carboxylic acids is 1. The minimum Gasteiger partial charge on any atom is -0.497 e. The lowest BCUT2D eigenvalue weighted by molar-refractivity contribution is -0.180. The van der Waals surface area contributed by atoms with Gasteiger partial charge in [0.15, 0.2) is 0 Å². The fourth-order valence-electron chi connectivity index (χ4n) is 4.31. The quantitative estimate of drug-likeness (QED) is 0.853. The fourth-order valence-corrected chi connectivity index (χ4v) is 4.31. The van der Waals surface area contributed by atoms with Crippen molar-refractivity contribution < 1.29 is 19.0 Å². The monoisotopic (exact) mass is 395 g/mol. The van der Waals surface area contributed by atoms with Crippen molar-refractivity contribution in [3.05, 3.63) is 53.6 Å². The number of hydrogen-bond acceptors (Lipinski definition) is 6. The molecule has 1 spiro atoms. The van der Waals surface area contributed by atoms with Crippen LogP contribution in [-0.4, -0.2) is 52.4 Å². The van der Waals surface area contributed by atoms with E-state index in [1.807, 2.05) is 30.3 Å². The third-order valence-electron chi connectivity index (χ3n) is 5.83. The molecule has 0 unspecified atom stereocenters. The van der Waals surface area contributed by atoms with Gasteiger partial charge in [-0.2, -0.15) is 0 Å². The molecule has 3 heterocycles. The van der Waals surface area contributed by atoms with Gasteiger partial charge in [0.1, 0.15) is 5.75 Å². The molecular formula is C22H25N3O4. The number of carbonyl (C=O) groups is 1. The second kappa shape index (κ2) is 7.33. The zero-order valence-electron chi connectivity index (χ0n) is 16.5. The molecule has 0 saturated carbocycles. The van der Waals surface area contributed by atoms with E-state index in [-0.39, 0.29) is 5.91 Å². The summed E-state index contributed by atoms with van der Waals surface area (Å²) in [6.45, 7) is 5.08. The van der Waals surface area contributed by atoms with Crippen LogP contribution in [0.5, 0.6) is 5.75 Å². The topological polar surface area (TPSA) is 63.3 Å². The molecule has 0 atom stereocenters. The lowest BCUT2D eigenvalue weighted by Gasteiger charge is -2.30. The summed E-state index contributed by atoms with van der Waals surface area (Å²) in [6, 6.07) is 13.9. The number of ether oxygens (including phenoxy) is 3. The molecule has 3 aliphatic heterocycles. The van der Waals surface area contributed by atoms with E-state index in [4.69, 9.17) is 14.2 Å². The molecule has 152 valence electrons. The number of hydrogen-bond donors (Lipinski definition) is 1. The first-order valence-corrected chi connectivity index (χ1v) is 10.0. The second-order valence-electron chi connectivity index (χ2n) is 7.49. The van der Waals surface area contributed by atoms with Crippen LogP contribution in [0, 0.1) is 0 Å². The molecule has 0 bridgehead atoms. The molecule has 2 fully saturated rings. The highest BCUT2D eigenvalue weighted by Crippen LogP contribution is 2.47. The Morgan fingerprint density at radius 2 is 1.79 bits per heavy atom. The summed E-state index contributed by atoms with van der Waals surface area (Å²) >= 11 is 0. The average molecular weight is 395 g/mol. The van der Waals surface area contributed by atoms with Crippen LogP contribution in [0.25, 0.3) is 0 Å². The van der Waals surface area contributed by atoms with Crippen LogP contribution in [0.4, 0.5) is 11.4 Å². The number of fused-ring (bicyclic) bond motifs is 2. The molecule has 1 amide bonds. The van der Waals surface area contributed by atoms with Crippen molar-refractivity contribution in [3.63, 3.8) is 0 Å². The van der Waals surface area contributed by atoms with Crippen LogP contribution in [0.1, 0.15) is 11.1 Å². The first-order chi connectivity index (χ1) is 14.2. The average Bonchev–Trinajstić information content (AvgIpc) is 3.36. The largest absolute Gasteiger partial charge is 0.497 e. The van der Waals surface area contributed by atoms with Gasteiger partial charge < -0.3 is 29.3 Å². The molecule has 29 heavy (non-hydrogen) atoms. The van der Waals surface area contributed by atoms with E-state index >= 15 is 0 Å². The van der Waals surface area contributed by atoms with Crippen molar-refractivity contribution in [3.8, 4) is 5.75 Å². The van der Waals surface area contributed by atoms with Gasteiger partial charge in [0, 0.05) is 37.4 Å². The molecule has 0 aromatic heterocycles. The SMILES string of the molecule is COc1ccc(CN2C(=O)C3(OCCO3)c3cc(N4CCNCC4)ccc32)cc1. The maximum Gasteiger partial charge on any atom is 0.292 e. The van der Waals surface area contributed by atoms with Crippen LogP contribution < -0.4 is 19.9 Å². The third kappa shape index (κ3) is 3.06. The minimum absolute atomic E-state index is 0.154. The van der Waals surface area contributed by atoms with E-state index in [1.54, 1.807) is 12.0 Å². The van der Waals surface area contributed by atoms with E-state index in [0.29, 0.717) is 19.8 Å². The third-order valence-corrected chi connectivity index (χ3v) is 5.83. The molecule has 3 aliphatic rings. The molecule has 5 rings (SSSR count). The lowest BCUT2D eigenvalue weighted by Crippen LogP contribution is -2.43. The maximum absolute atomic E-state index is 13.4. The van der Waals surface area contributed by atoms with Gasteiger partial charge in [-0.25, -0.2) is 0 Å². The van der Waals surface area contributed by atoms with Crippen LogP contribution in [-0.2, 0) is 26.6 Å². The Morgan fingerprint density at radius 3 is 2.48 bits per heavy atom. The fraction of sp³-hybridized carbons (Fsp3) is 0.409. The van der Waals surface area contributed by atoms with E-state index in [9.17, 15) is 4.79 Å². The summed E-state index contributed by atoms with van der Waals surface area (Å²) < 4.78 is 17.1. The van der Waals surface area contributed by atoms with E-state index in [1.165, 1.54) is 0 Å². The standard InChI is InChI=1S/C22H25N3O4/c1-27-18-5-2-16(3-6-18)15-25-20-7-4-17(24-10-8-23-9-11-24)14-19(20)22(21(25)26)28-12-13-29-22/h2-7,14,23H,8-13,15H2,1H3. The summed E-state index contributed by atoms with van der Waals surface area (Å²) in [5, 5.41) is 3.37. The van der Waals surface area contributed by atoms with Crippen molar-refractivity contribution >= 4 is 17.3 Å². The van der Waals surface area contributed by atoms with Crippen LogP contribution >= 0.6 is 0 Å². The number of methoxy groups -OCH3 is 1. The smallest absolute Gasteiger partial charge is 0.292 e. The predicted molar refractivity (Wildman–Crippen MR) is 109 cm³/mol. The Bertz CT molecular complexity index is 903. The Morgan fingerprint density at radius 1 is 1.07 bits per heavy atom. The predicted octanol–water partition coefficient (Wildman–Crippen LogP) is 1.85. The summed E-state index contributed by atoms with van der Waals surface area (Å²) in [6.07, 6.45) is 0. The molecule has 2 saturated heterocycles. The molecule has 0 aliphatic carbocycles. The molecule has 7 heteroatoms. The van der Waals surface area contributed by atoms with Crippen molar-refractivity contribution in [2.45, 2.75) is 12.3 Å². The van der Waals surface area contributed by atoms with E-state index in [2.05, 4.69) is 22.3 Å². The van der Waals surface area contributed by atoms with Gasteiger partial charge in [-0.1, -0.05) is 12.1 Å². The number of anilines is 2. The number of nitrogens with zero attached hydrogens (tertiary/aromatic N) is 2. The number of nitrogens with one attached hydrogen (secondary N) is 1. The molecule has 0 radical (unpaired) electrons. The first-order valence-electron chi connectivity index (χ1n) is 10.0. The summed E-state index contributed by atoms with van der Waals surface area (Å²) in [5.41, 5.74) is 3.78. The zero-order chi connectivity index (χ0) is 19.8. The van der Waals surface area contributed by atoms with Crippen molar-refractivity contribution in [2.24, 2.45) is 0 Å². The van der Waals surface area contributed by atoms with Crippen LogP contribution in [0.15, 0.2) is 42.5 Å². The molecule has 1 N–H and O–H groups in total. The van der Waals surface area contributed by atoms with E-state index in [0.717, 1.165) is 54.4 Å². The Hall–Kier alpha value is -2.61. The van der Waals surface area contributed by atoms with Gasteiger partial charge in [-0.05, 0) is 35.9 Å². The Labute approximate surface area is 170 Å². The van der Waals surface area contributed by atoms with Gasteiger partial charge in [0.25, 0.3) is 11.7 Å². The van der Waals surface area contributed by atoms with E-state index < -0.39 is 5.79 Å². The van der Waals surface area contributed by atoms with Crippen molar-refractivity contribution in [1.29, 1.82) is 0 Å². The highest BCUT2D eigenvalue weighted by atomic mass is 16.7. The highest BCUT2D eigenvalue weighted by molar-refractivity contribution is 6.06. The van der Waals surface area contributed by atoms with Gasteiger partial charge in [-0.15, -0.1) is 0 Å². The van der Waals surface area contributed by atoms with Crippen molar-refractivity contribution in [1.82, 2.24) is 5.32 Å².